The molecule has 3 rings (SSSR count). The van der Waals surface area contributed by atoms with Crippen LogP contribution in [0.15, 0.2) is 53.5 Å². The van der Waals surface area contributed by atoms with Gasteiger partial charge >= 0.3 is 0 Å². The number of carbonyl (C=O) groups is 1. The van der Waals surface area contributed by atoms with E-state index in [1.807, 2.05) is 29.7 Å². The van der Waals surface area contributed by atoms with Gasteiger partial charge in [-0.2, -0.15) is 5.10 Å². The minimum atomic E-state index is -0.433. The first-order valence-electron chi connectivity index (χ1n) is 6.83. The number of aromatic amines is 1. The van der Waals surface area contributed by atoms with Crippen molar-refractivity contribution in [1.82, 2.24) is 15.1 Å². The highest BCUT2D eigenvalue weighted by Crippen LogP contribution is 2.29. The van der Waals surface area contributed by atoms with E-state index < -0.39 is 5.91 Å². The largest absolute Gasteiger partial charge is 0.365 e. The molecule has 0 unspecified atom stereocenters. The second-order valence-electron chi connectivity index (χ2n) is 4.95. The van der Waals surface area contributed by atoms with E-state index in [-0.39, 0.29) is 0 Å². The summed E-state index contributed by atoms with van der Waals surface area (Å²) in [6.07, 6.45) is 9.04. The third-order valence-corrected chi connectivity index (χ3v) is 4.37. The van der Waals surface area contributed by atoms with Gasteiger partial charge in [0.15, 0.2) is 0 Å². The van der Waals surface area contributed by atoms with Crippen molar-refractivity contribution in [3.8, 4) is 0 Å². The predicted molar refractivity (Wildman–Crippen MR) is 92.8 cm³/mol. The fourth-order valence-corrected chi connectivity index (χ4v) is 3.05. The highest BCUT2D eigenvalue weighted by atomic mass is 32.1. The summed E-state index contributed by atoms with van der Waals surface area (Å²) >= 11 is 1.31. The smallest absolute Gasteiger partial charge is 0.258 e. The monoisotopic (exact) mass is 325 g/mol. The number of thiophene rings is 1. The van der Waals surface area contributed by atoms with Gasteiger partial charge in [-0.25, -0.2) is 4.99 Å². The number of carbonyl (C=O) groups excluding carboxylic acids is 1. The number of H-pyrrole nitrogens is 1. The number of nitrogens with zero attached hydrogens (tertiary/aromatic N) is 3. The number of rotatable bonds is 4. The molecule has 3 heterocycles. The molecule has 2 aromatic rings. The fraction of sp³-hybridized carbons (Fsp3) is 0.0625. The Morgan fingerprint density at radius 2 is 2.35 bits per heavy atom. The SMILES string of the molecule is C=C/C(=C1/N=CC(c2cn[nH]c2)=CN1C)c1csc(C(N)=O)c1. The van der Waals surface area contributed by atoms with E-state index in [0.29, 0.717) is 4.88 Å². The first kappa shape index (κ1) is 15.0. The van der Waals surface area contributed by atoms with Gasteiger partial charge in [-0.05, 0) is 17.0 Å². The molecule has 0 radical (unpaired) electrons. The van der Waals surface area contributed by atoms with E-state index in [9.17, 15) is 4.79 Å². The van der Waals surface area contributed by atoms with Gasteiger partial charge in [0.1, 0.15) is 5.82 Å². The van der Waals surface area contributed by atoms with Crippen LogP contribution in [0, 0.1) is 0 Å². The summed E-state index contributed by atoms with van der Waals surface area (Å²) in [5.41, 5.74) is 8.95. The number of allylic oxidation sites excluding steroid dienone is 3. The number of aromatic nitrogens is 2. The minimum absolute atomic E-state index is 0.433. The zero-order chi connectivity index (χ0) is 16.4. The van der Waals surface area contributed by atoms with Crippen LogP contribution in [0.2, 0.25) is 0 Å². The van der Waals surface area contributed by atoms with Crippen LogP contribution in [0.1, 0.15) is 20.8 Å². The fourth-order valence-electron chi connectivity index (χ4n) is 2.29. The van der Waals surface area contributed by atoms with E-state index in [2.05, 4.69) is 21.8 Å². The molecule has 0 saturated carbocycles. The van der Waals surface area contributed by atoms with Crippen LogP contribution in [-0.2, 0) is 0 Å². The molecular weight excluding hydrogens is 310 g/mol. The van der Waals surface area contributed by atoms with Crippen molar-refractivity contribution in [1.29, 1.82) is 0 Å². The van der Waals surface area contributed by atoms with Gasteiger partial charge in [0.25, 0.3) is 5.91 Å². The lowest BCUT2D eigenvalue weighted by Gasteiger charge is -2.22. The third kappa shape index (κ3) is 2.86. The average molecular weight is 325 g/mol. The lowest BCUT2D eigenvalue weighted by atomic mass is 10.1. The highest BCUT2D eigenvalue weighted by Gasteiger charge is 2.16. The summed E-state index contributed by atoms with van der Waals surface area (Å²) in [5, 5.41) is 8.61. The Labute approximate surface area is 137 Å². The number of hydrogen-bond donors (Lipinski definition) is 2. The summed E-state index contributed by atoms with van der Waals surface area (Å²) in [5.74, 6) is 0.318. The molecule has 1 aliphatic heterocycles. The topological polar surface area (TPSA) is 87.4 Å². The number of nitrogens with two attached hydrogens (primary N) is 1. The molecule has 0 fully saturated rings. The number of primary amides is 1. The van der Waals surface area contributed by atoms with Crippen LogP contribution in [0.3, 0.4) is 0 Å². The Hall–Kier alpha value is -2.93. The van der Waals surface area contributed by atoms with Crippen molar-refractivity contribution < 1.29 is 4.79 Å². The van der Waals surface area contributed by atoms with E-state index in [1.54, 1.807) is 24.6 Å². The van der Waals surface area contributed by atoms with E-state index in [4.69, 9.17) is 5.73 Å². The summed E-state index contributed by atoms with van der Waals surface area (Å²) in [4.78, 5) is 18.2. The lowest BCUT2D eigenvalue weighted by Crippen LogP contribution is -2.15. The third-order valence-electron chi connectivity index (χ3n) is 3.42. The van der Waals surface area contributed by atoms with Gasteiger partial charge in [-0.15, -0.1) is 11.3 Å². The average Bonchev–Trinajstić information content (AvgIpc) is 3.20. The molecule has 1 aliphatic rings. The van der Waals surface area contributed by atoms with Crippen LogP contribution < -0.4 is 5.73 Å². The summed E-state index contributed by atoms with van der Waals surface area (Å²) < 4.78 is 0. The van der Waals surface area contributed by atoms with Gasteiger partial charge in [0, 0.05) is 42.4 Å². The molecule has 6 nitrogen and oxygen atoms in total. The Morgan fingerprint density at radius 1 is 1.52 bits per heavy atom. The Bertz CT molecular complexity index is 842. The van der Waals surface area contributed by atoms with Crippen molar-refractivity contribution in [3.05, 3.63) is 64.5 Å². The van der Waals surface area contributed by atoms with Gasteiger partial charge in [-0.3, -0.25) is 9.89 Å². The Balaban J connectivity index is 1.98. The molecule has 116 valence electrons. The first-order valence-corrected chi connectivity index (χ1v) is 7.71. The molecule has 0 saturated heterocycles. The van der Waals surface area contributed by atoms with Crippen LogP contribution in [0.4, 0.5) is 0 Å². The number of hydrogen-bond acceptors (Lipinski definition) is 5. The van der Waals surface area contributed by atoms with Crippen LogP contribution >= 0.6 is 11.3 Å². The molecule has 0 atom stereocenters. The van der Waals surface area contributed by atoms with Crippen molar-refractivity contribution in [2.45, 2.75) is 0 Å². The molecule has 0 spiro atoms. The van der Waals surface area contributed by atoms with Crippen molar-refractivity contribution in [2.75, 3.05) is 7.05 Å². The molecule has 23 heavy (non-hydrogen) atoms. The molecule has 3 N–H and O–H groups in total. The maximum Gasteiger partial charge on any atom is 0.258 e. The van der Waals surface area contributed by atoms with E-state index in [1.165, 1.54) is 11.3 Å². The zero-order valence-electron chi connectivity index (χ0n) is 12.5. The molecular formula is C16H15N5OS. The molecule has 2 aromatic heterocycles. The number of nitrogens with one attached hydrogen (secondary N) is 1. The minimum Gasteiger partial charge on any atom is -0.365 e. The maximum absolute atomic E-state index is 11.3. The van der Waals surface area contributed by atoms with Gasteiger partial charge in [0.2, 0.25) is 0 Å². The van der Waals surface area contributed by atoms with Crippen LogP contribution in [0.5, 0.6) is 0 Å². The number of amides is 1. The molecule has 7 heteroatoms. The Kier molecular flexibility index (Phi) is 3.94. The van der Waals surface area contributed by atoms with Gasteiger partial charge < -0.3 is 10.6 Å². The standard InChI is InChI=1S/C16H15N5OS/c1-3-13(10-4-14(15(17)22)23-9-10)16-18-5-12(8-21(16)2)11-6-19-20-7-11/h3-9H,1H2,2H3,(H2,17,22)(H,19,20)/b16-13+. The summed E-state index contributed by atoms with van der Waals surface area (Å²) in [7, 11) is 1.91. The van der Waals surface area contributed by atoms with E-state index >= 15 is 0 Å². The van der Waals surface area contributed by atoms with Crippen LogP contribution in [-0.4, -0.2) is 34.3 Å². The number of aliphatic imine (C=N–C) groups is 1. The van der Waals surface area contributed by atoms with Gasteiger partial charge in [-0.1, -0.05) is 12.7 Å². The van der Waals surface area contributed by atoms with Crippen molar-refractivity contribution in [2.24, 2.45) is 10.7 Å². The van der Waals surface area contributed by atoms with Crippen molar-refractivity contribution in [3.63, 3.8) is 0 Å². The molecule has 0 aromatic carbocycles. The lowest BCUT2D eigenvalue weighted by molar-refractivity contribution is 0.100. The van der Waals surface area contributed by atoms with Gasteiger partial charge in [0.05, 0.1) is 11.1 Å². The first-order chi connectivity index (χ1) is 11.1. The van der Waals surface area contributed by atoms with Crippen LogP contribution in [0.25, 0.3) is 11.1 Å². The summed E-state index contributed by atoms with van der Waals surface area (Å²) in [6.45, 7) is 3.86. The van der Waals surface area contributed by atoms with E-state index in [0.717, 1.165) is 28.1 Å². The zero-order valence-corrected chi connectivity index (χ0v) is 13.3. The normalized spacial score (nSPS) is 16.2. The predicted octanol–water partition coefficient (Wildman–Crippen LogP) is 2.48. The summed E-state index contributed by atoms with van der Waals surface area (Å²) in [6, 6.07) is 1.76. The maximum atomic E-state index is 11.3. The van der Waals surface area contributed by atoms with Crippen molar-refractivity contribution >= 4 is 34.6 Å². The highest BCUT2D eigenvalue weighted by molar-refractivity contribution is 7.12. The second-order valence-corrected chi connectivity index (χ2v) is 5.86. The quantitative estimate of drug-likeness (QED) is 0.905. The second kappa shape index (κ2) is 6.05. The molecule has 0 aliphatic carbocycles. The Morgan fingerprint density at radius 3 is 2.91 bits per heavy atom. The molecule has 0 bridgehead atoms. The molecule has 1 amide bonds.